The van der Waals surface area contributed by atoms with E-state index in [0.717, 1.165) is 35.2 Å². The van der Waals surface area contributed by atoms with E-state index in [1.54, 1.807) is 19.2 Å². The number of hydrogen-bond acceptors (Lipinski definition) is 3. The molecule has 0 saturated heterocycles. The Bertz CT molecular complexity index is 1010. The van der Waals surface area contributed by atoms with E-state index in [-0.39, 0.29) is 36.1 Å². The van der Waals surface area contributed by atoms with E-state index < -0.39 is 0 Å². The molecule has 1 atom stereocenters. The first-order valence-electron chi connectivity index (χ1n) is 10.3. The predicted octanol–water partition coefficient (Wildman–Crippen LogP) is 3.99. The zero-order valence-electron chi connectivity index (χ0n) is 17.6. The molecule has 1 heterocycles. The summed E-state index contributed by atoms with van der Waals surface area (Å²) in [6.07, 6.45) is 2.34. The number of amides is 2. The van der Waals surface area contributed by atoms with E-state index in [4.69, 9.17) is 0 Å². The summed E-state index contributed by atoms with van der Waals surface area (Å²) in [5, 5.41) is 6.12. The van der Waals surface area contributed by atoms with Crippen molar-refractivity contribution in [3.05, 3.63) is 70.5 Å². The van der Waals surface area contributed by atoms with Crippen molar-refractivity contribution in [3.8, 4) is 0 Å². The van der Waals surface area contributed by atoms with Gasteiger partial charge in [-0.25, -0.2) is 9.40 Å². The van der Waals surface area contributed by atoms with Gasteiger partial charge in [0.2, 0.25) is 5.91 Å². The number of halogens is 1. The molecule has 1 aliphatic heterocycles. The van der Waals surface area contributed by atoms with E-state index >= 15 is 0 Å². The number of hydrogen-bond donors (Lipinski definition) is 0. The van der Waals surface area contributed by atoms with E-state index in [9.17, 15) is 14.0 Å². The van der Waals surface area contributed by atoms with Gasteiger partial charge in [0.05, 0.1) is 11.8 Å². The van der Waals surface area contributed by atoms with E-state index in [2.05, 4.69) is 18.1 Å². The third-order valence-corrected chi connectivity index (χ3v) is 5.94. The Labute approximate surface area is 176 Å². The zero-order valence-corrected chi connectivity index (χ0v) is 17.6. The molecule has 30 heavy (non-hydrogen) atoms. The number of benzene rings is 2. The molecule has 1 saturated carbocycles. The third-order valence-electron chi connectivity index (χ3n) is 5.94. The summed E-state index contributed by atoms with van der Waals surface area (Å²) in [7, 11) is 1.66. The van der Waals surface area contributed by atoms with E-state index in [1.807, 2.05) is 19.1 Å². The molecule has 1 fully saturated rings. The van der Waals surface area contributed by atoms with Crippen molar-refractivity contribution in [1.29, 1.82) is 0 Å². The molecule has 1 aliphatic carbocycles. The quantitative estimate of drug-likeness (QED) is 0.753. The average Bonchev–Trinajstić information content (AvgIpc) is 3.48. The van der Waals surface area contributed by atoms with Crippen molar-refractivity contribution in [2.45, 2.75) is 39.2 Å². The van der Waals surface area contributed by atoms with Crippen LogP contribution in [0.25, 0.3) is 0 Å². The molecule has 5 nitrogen and oxygen atoms in total. The Balaban J connectivity index is 1.61. The minimum Gasteiger partial charge on any atom is -0.336 e. The van der Waals surface area contributed by atoms with Gasteiger partial charge in [0, 0.05) is 19.4 Å². The van der Waals surface area contributed by atoms with Crippen molar-refractivity contribution in [2.75, 3.05) is 13.6 Å². The second kappa shape index (κ2) is 8.01. The summed E-state index contributed by atoms with van der Waals surface area (Å²) in [5.74, 6) is -0.484. The lowest BCUT2D eigenvalue weighted by Gasteiger charge is -2.25. The normalized spacial score (nSPS) is 18.3. The fourth-order valence-electron chi connectivity index (χ4n) is 3.78. The van der Waals surface area contributed by atoms with E-state index in [0.29, 0.717) is 6.42 Å². The summed E-state index contributed by atoms with van der Waals surface area (Å²) in [6.45, 7) is 4.09. The Morgan fingerprint density at radius 2 is 1.80 bits per heavy atom. The van der Waals surface area contributed by atoms with Gasteiger partial charge in [-0.1, -0.05) is 24.3 Å². The number of likely N-dealkylation sites (N-methyl/N-ethyl adjacent to an activating group) is 1. The van der Waals surface area contributed by atoms with Gasteiger partial charge in [-0.2, -0.15) is 5.10 Å². The van der Waals surface area contributed by atoms with Crippen LogP contribution in [0.1, 0.15) is 47.6 Å². The van der Waals surface area contributed by atoms with Gasteiger partial charge in [-0.05, 0) is 67.1 Å². The molecule has 2 aromatic carbocycles. The number of rotatable bonds is 5. The molecule has 2 aliphatic rings. The molecule has 4 rings (SSSR count). The molecule has 0 bridgehead atoms. The maximum absolute atomic E-state index is 13.4. The molecule has 2 aromatic rings. The molecule has 2 amide bonds. The highest BCUT2D eigenvalue weighted by atomic mass is 19.1. The topological polar surface area (TPSA) is 53.0 Å². The summed E-state index contributed by atoms with van der Waals surface area (Å²) in [4.78, 5) is 26.9. The second-order valence-electron chi connectivity index (χ2n) is 8.32. The van der Waals surface area contributed by atoms with Gasteiger partial charge in [0.1, 0.15) is 12.4 Å². The van der Waals surface area contributed by atoms with Crippen LogP contribution < -0.4 is 0 Å². The molecular formula is C24H26FN3O2. The summed E-state index contributed by atoms with van der Waals surface area (Å²) in [5.41, 5.74) is 4.97. The number of carbonyl (C=O) groups is 2. The maximum atomic E-state index is 13.4. The Hall–Kier alpha value is -3.02. The Kier molecular flexibility index (Phi) is 5.41. The standard InChI is InChI=1S/C24H26FN3O2/c1-15-4-5-19(12-16(15)2)21-13-22(17-8-10-20(25)11-9-17)28(26-21)23(29)14-27(3)24(30)18-6-7-18/h4-5,8-12,18,22H,6-7,13-14H2,1-3H3/t22-/m1/s1. The van der Waals surface area contributed by atoms with Crippen LogP contribution in [0.15, 0.2) is 47.6 Å². The van der Waals surface area contributed by atoms with Gasteiger partial charge in [0.15, 0.2) is 0 Å². The SMILES string of the molecule is Cc1ccc(C2=NN(C(=O)CN(C)C(=O)C3CC3)[C@@H](c3ccc(F)cc3)C2)cc1C. The monoisotopic (exact) mass is 407 g/mol. The van der Waals surface area contributed by atoms with Gasteiger partial charge in [0.25, 0.3) is 5.91 Å². The van der Waals surface area contributed by atoms with Crippen molar-refractivity contribution in [2.24, 2.45) is 11.0 Å². The number of hydrazone groups is 1. The molecular weight excluding hydrogens is 381 g/mol. The van der Waals surface area contributed by atoms with Crippen LogP contribution in [0.5, 0.6) is 0 Å². The lowest BCUT2D eigenvalue weighted by atomic mass is 9.96. The predicted molar refractivity (Wildman–Crippen MR) is 113 cm³/mol. The minimum absolute atomic E-state index is 0.0132. The Morgan fingerprint density at radius 3 is 2.43 bits per heavy atom. The lowest BCUT2D eigenvalue weighted by molar-refractivity contribution is -0.141. The second-order valence-corrected chi connectivity index (χ2v) is 8.32. The smallest absolute Gasteiger partial charge is 0.262 e. The number of carbonyl (C=O) groups excluding carboxylic acids is 2. The van der Waals surface area contributed by atoms with Gasteiger partial charge < -0.3 is 4.90 Å². The van der Waals surface area contributed by atoms with Crippen LogP contribution >= 0.6 is 0 Å². The highest BCUT2D eigenvalue weighted by Crippen LogP contribution is 2.34. The van der Waals surface area contributed by atoms with E-state index in [1.165, 1.54) is 27.6 Å². The molecule has 0 spiro atoms. The fraction of sp³-hybridized carbons (Fsp3) is 0.375. The van der Waals surface area contributed by atoms with Crippen molar-refractivity contribution >= 4 is 17.5 Å². The van der Waals surface area contributed by atoms with Crippen molar-refractivity contribution in [3.63, 3.8) is 0 Å². The molecule has 156 valence electrons. The molecule has 6 heteroatoms. The number of aryl methyl sites for hydroxylation is 2. The largest absolute Gasteiger partial charge is 0.336 e. The van der Waals surface area contributed by atoms with Gasteiger partial charge in [-0.3, -0.25) is 9.59 Å². The first-order valence-corrected chi connectivity index (χ1v) is 10.3. The van der Waals surface area contributed by atoms with Crippen molar-refractivity contribution in [1.82, 2.24) is 9.91 Å². The Morgan fingerprint density at radius 1 is 1.10 bits per heavy atom. The van der Waals surface area contributed by atoms with Crippen LogP contribution in [0.4, 0.5) is 4.39 Å². The summed E-state index contributed by atoms with van der Waals surface area (Å²) >= 11 is 0. The molecule has 0 aromatic heterocycles. The van der Waals surface area contributed by atoms with Crippen LogP contribution in [-0.4, -0.2) is 41.0 Å². The van der Waals surface area contributed by atoms with Crippen molar-refractivity contribution < 1.29 is 14.0 Å². The van der Waals surface area contributed by atoms with Crippen LogP contribution in [0.3, 0.4) is 0 Å². The maximum Gasteiger partial charge on any atom is 0.262 e. The van der Waals surface area contributed by atoms with Crippen LogP contribution in [-0.2, 0) is 9.59 Å². The summed E-state index contributed by atoms with van der Waals surface area (Å²) in [6, 6.07) is 12.0. The zero-order chi connectivity index (χ0) is 21.4. The van der Waals surface area contributed by atoms with Gasteiger partial charge in [-0.15, -0.1) is 0 Å². The minimum atomic E-state index is -0.320. The summed E-state index contributed by atoms with van der Waals surface area (Å²) < 4.78 is 13.4. The number of nitrogens with zero attached hydrogens (tertiary/aromatic N) is 3. The third kappa shape index (κ3) is 4.13. The first kappa shape index (κ1) is 20.3. The average molecular weight is 407 g/mol. The molecule has 0 radical (unpaired) electrons. The lowest BCUT2D eigenvalue weighted by Crippen LogP contribution is -2.39. The van der Waals surface area contributed by atoms with Crippen LogP contribution in [0.2, 0.25) is 0 Å². The first-order chi connectivity index (χ1) is 14.3. The van der Waals surface area contributed by atoms with Crippen LogP contribution in [0, 0.1) is 25.6 Å². The molecule has 0 N–H and O–H groups in total. The van der Waals surface area contributed by atoms with Gasteiger partial charge >= 0.3 is 0 Å². The fourth-order valence-corrected chi connectivity index (χ4v) is 3.78. The highest BCUT2D eigenvalue weighted by Gasteiger charge is 2.36. The molecule has 0 unspecified atom stereocenters. The highest BCUT2D eigenvalue weighted by molar-refractivity contribution is 6.03.